The average molecular weight is 385 g/mol. The summed E-state index contributed by atoms with van der Waals surface area (Å²) in [7, 11) is 0. The van der Waals surface area contributed by atoms with Gasteiger partial charge in [-0.3, -0.25) is 14.5 Å². The second-order valence-corrected chi connectivity index (χ2v) is 8.34. The largest absolute Gasteiger partial charge is 0.472 e. The van der Waals surface area contributed by atoms with Crippen molar-refractivity contribution in [1.82, 2.24) is 14.4 Å². The number of furan rings is 1. The summed E-state index contributed by atoms with van der Waals surface area (Å²) in [6.07, 6.45) is 3.77. The minimum atomic E-state index is -0.779. The van der Waals surface area contributed by atoms with E-state index in [0.717, 1.165) is 17.7 Å². The first-order valence-electron chi connectivity index (χ1n) is 9.99. The maximum atomic E-state index is 13.4. The fourth-order valence-corrected chi connectivity index (χ4v) is 5.02. The first-order chi connectivity index (χ1) is 13.6. The Balaban J connectivity index is 1.38. The maximum Gasteiger partial charge on any atom is 0.257 e. The van der Waals surface area contributed by atoms with E-state index in [1.165, 1.54) is 12.5 Å². The van der Waals surface area contributed by atoms with Gasteiger partial charge in [0, 0.05) is 56.4 Å². The van der Waals surface area contributed by atoms with E-state index in [9.17, 15) is 14.0 Å². The second kappa shape index (κ2) is 6.88. The number of pyridine rings is 1. The summed E-state index contributed by atoms with van der Waals surface area (Å²) < 4.78 is 20.4. The summed E-state index contributed by atoms with van der Waals surface area (Å²) in [5.74, 6) is 0.440. The molecule has 2 aromatic rings. The molecule has 28 heavy (non-hydrogen) atoms. The van der Waals surface area contributed by atoms with E-state index in [1.807, 2.05) is 26.5 Å². The van der Waals surface area contributed by atoms with Crippen molar-refractivity contribution >= 4 is 5.91 Å². The van der Waals surface area contributed by atoms with E-state index in [1.54, 1.807) is 6.07 Å². The van der Waals surface area contributed by atoms with Crippen LogP contribution in [0.4, 0.5) is 4.39 Å². The lowest BCUT2D eigenvalue weighted by atomic mass is 9.82. The average Bonchev–Trinajstić information content (AvgIpc) is 3.36. The maximum absolute atomic E-state index is 13.4. The number of rotatable bonds is 3. The van der Waals surface area contributed by atoms with Gasteiger partial charge in [-0.25, -0.2) is 4.39 Å². The molecule has 2 aromatic heterocycles. The minimum Gasteiger partial charge on any atom is -0.472 e. The molecule has 5 rings (SSSR count). The monoisotopic (exact) mass is 385 g/mol. The van der Waals surface area contributed by atoms with E-state index >= 15 is 0 Å². The van der Waals surface area contributed by atoms with Crippen LogP contribution in [0.15, 0.2) is 39.9 Å². The van der Waals surface area contributed by atoms with Crippen LogP contribution in [0, 0.1) is 5.92 Å². The third-order valence-corrected chi connectivity index (χ3v) is 6.35. The number of likely N-dealkylation sites (tertiary alicyclic amines) is 2. The molecule has 2 fully saturated rings. The van der Waals surface area contributed by atoms with E-state index in [-0.39, 0.29) is 23.3 Å². The van der Waals surface area contributed by atoms with Crippen LogP contribution in [0.2, 0.25) is 0 Å². The highest BCUT2D eigenvalue weighted by atomic mass is 19.1. The molecule has 2 saturated heterocycles. The fourth-order valence-electron chi connectivity index (χ4n) is 5.02. The highest BCUT2D eigenvalue weighted by Gasteiger charge is 2.37. The van der Waals surface area contributed by atoms with Crippen LogP contribution in [0.25, 0.3) is 0 Å². The van der Waals surface area contributed by atoms with Gasteiger partial charge in [-0.05, 0) is 30.9 Å². The molecular formula is C21H24FN3O3. The lowest BCUT2D eigenvalue weighted by Gasteiger charge is -2.42. The molecule has 3 aliphatic rings. The number of alkyl halides is 1. The van der Waals surface area contributed by atoms with Crippen molar-refractivity contribution in [2.75, 3.05) is 26.2 Å². The Kier molecular flexibility index (Phi) is 4.34. The molecule has 6 nitrogen and oxygen atoms in total. The van der Waals surface area contributed by atoms with Crippen LogP contribution in [-0.2, 0) is 13.1 Å². The molecule has 1 amide bonds. The summed E-state index contributed by atoms with van der Waals surface area (Å²) in [6, 6.07) is 5.63. The number of carbonyl (C=O) groups is 1. The van der Waals surface area contributed by atoms with Crippen molar-refractivity contribution in [3.8, 4) is 0 Å². The van der Waals surface area contributed by atoms with Gasteiger partial charge < -0.3 is 13.9 Å². The quantitative estimate of drug-likeness (QED) is 0.813. The second-order valence-electron chi connectivity index (χ2n) is 8.34. The van der Waals surface area contributed by atoms with Gasteiger partial charge in [0.15, 0.2) is 0 Å². The summed E-state index contributed by atoms with van der Waals surface area (Å²) in [5.41, 5.74) is 2.37. The molecule has 0 N–H and O–H groups in total. The van der Waals surface area contributed by atoms with E-state index in [0.29, 0.717) is 51.3 Å². The normalized spacial score (nSPS) is 27.0. The topological polar surface area (TPSA) is 58.7 Å². The lowest BCUT2D eigenvalue weighted by molar-refractivity contribution is 0.0593. The number of amides is 1. The third kappa shape index (κ3) is 3.07. The van der Waals surface area contributed by atoms with Gasteiger partial charge >= 0.3 is 0 Å². The standard InChI is InChI=1S/C21H24FN3O3/c22-18-3-5-23(12-18)10-15-1-2-19-17-7-14(9-25(19)21(15)27)8-24(11-17)20(26)16-4-6-28-13-16/h1-2,4,6,13-14,17-18H,3,5,7-12H2/t14-,17+,18+/m0/s1. The summed E-state index contributed by atoms with van der Waals surface area (Å²) in [5, 5.41) is 0. The molecule has 148 valence electrons. The Hall–Kier alpha value is -2.41. The number of hydrogen-bond donors (Lipinski definition) is 0. The minimum absolute atomic E-state index is 0.00863. The Morgan fingerprint density at radius 1 is 1.18 bits per heavy atom. The molecule has 5 heterocycles. The van der Waals surface area contributed by atoms with Crippen molar-refractivity contribution in [3.63, 3.8) is 0 Å². The first-order valence-corrected chi connectivity index (χ1v) is 9.99. The smallest absolute Gasteiger partial charge is 0.257 e. The molecule has 3 atom stereocenters. The molecule has 3 aliphatic heterocycles. The van der Waals surface area contributed by atoms with Crippen LogP contribution in [0.3, 0.4) is 0 Å². The van der Waals surface area contributed by atoms with Crippen molar-refractivity contribution in [3.05, 3.63) is 57.9 Å². The van der Waals surface area contributed by atoms with Crippen LogP contribution in [0.5, 0.6) is 0 Å². The lowest BCUT2D eigenvalue weighted by Crippen LogP contribution is -2.49. The molecule has 0 saturated carbocycles. The molecule has 0 radical (unpaired) electrons. The summed E-state index contributed by atoms with van der Waals surface area (Å²) in [4.78, 5) is 29.7. The zero-order chi connectivity index (χ0) is 19.3. The van der Waals surface area contributed by atoms with Crippen molar-refractivity contribution in [2.24, 2.45) is 5.92 Å². The summed E-state index contributed by atoms with van der Waals surface area (Å²) >= 11 is 0. The van der Waals surface area contributed by atoms with Gasteiger partial charge in [-0.15, -0.1) is 0 Å². The predicted molar refractivity (Wildman–Crippen MR) is 101 cm³/mol. The number of piperidine rings is 1. The highest BCUT2D eigenvalue weighted by Crippen LogP contribution is 2.35. The highest BCUT2D eigenvalue weighted by molar-refractivity contribution is 5.94. The van der Waals surface area contributed by atoms with Gasteiger partial charge in [0.25, 0.3) is 11.5 Å². The zero-order valence-electron chi connectivity index (χ0n) is 15.7. The van der Waals surface area contributed by atoms with Gasteiger partial charge in [-0.1, -0.05) is 6.07 Å². The SMILES string of the molecule is O=C(c1ccoc1)N1C[C@@H]2C[C@H](C1)c1ccc(CN3CC[C@@H](F)C3)c(=O)n1C2. The van der Waals surface area contributed by atoms with Crippen LogP contribution in [-0.4, -0.2) is 52.6 Å². The number of halogens is 1. The molecule has 2 bridgehead atoms. The van der Waals surface area contributed by atoms with Crippen LogP contribution in [0.1, 0.15) is 40.4 Å². The van der Waals surface area contributed by atoms with Crippen LogP contribution >= 0.6 is 0 Å². The molecule has 0 unspecified atom stereocenters. The van der Waals surface area contributed by atoms with E-state index < -0.39 is 6.17 Å². The van der Waals surface area contributed by atoms with Crippen molar-refractivity contribution < 1.29 is 13.6 Å². The Labute approximate surface area is 162 Å². The molecular weight excluding hydrogens is 361 g/mol. The Morgan fingerprint density at radius 3 is 2.82 bits per heavy atom. The number of fused-ring (bicyclic) bond motifs is 4. The zero-order valence-corrected chi connectivity index (χ0v) is 15.7. The van der Waals surface area contributed by atoms with Crippen LogP contribution < -0.4 is 5.56 Å². The van der Waals surface area contributed by atoms with Gasteiger partial charge in [0.05, 0.1) is 11.8 Å². The number of carbonyl (C=O) groups excluding carboxylic acids is 1. The van der Waals surface area contributed by atoms with Crippen molar-refractivity contribution in [1.29, 1.82) is 0 Å². The fraction of sp³-hybridized carbons (Fsp3) is 0.524. The molecule has 0 aliphatic carbocycles. The van der Waals surface area contributed by atoms with E-state index in [4.69, 9.17) is 4.42 Å². The van der Waals surface area contributed by atoms with Gasteiger partial charge in [-0.2, -0.15) is 0 Å². The molecule has 0 spiro atoms. The van der Waals surface area contributed by atoms with Gasteiger partial charge in [0.2, 0.25) is 0 Å². The summed E-state index contributed by atoms with van der Waals surface area (Å²) in [6.45, 7) is 3.55. The van der Waals surface area contributed by atoms with Crippen molar-refractivity contribution in [2.45, 2.75) is 38.0 Å². The predicted octanol–water partition coefficient (Wildman–Crippen LogP) is 2.24. The molecule has 7 heteroatoms. The van der Waals surface area contributed by atoms with E-state index in [2.05, 4.69) is 0 Å². The molecule has 0 aromatic carbocycles. The third-order valence-electron chi connectivity index (χ3n) is 6.35. The van der Waals surface area contributed by atoms with Gasteiger partial charge in [0.1, 0.15) is 12.4 Å². The Bertz CT molecular complexity index is 939. The number of hydrogen-bond acceptors (Lipinski definition) is 4. The number of nitrogens with zero attached hydrogens (tertiary/aromatic N) is 3. The Morgan fingerprint density at radius 2 is 2.07 bits per heavy atom. The first kappa shape index (κ1) is 17.7. The number of aromatic nitrogens is 1.